The van der Waals surface area contributed by atoms with E-state index in [9.17, 15) is 0 Å². The van der Waals surface area contributed by atoms with E-state index >= 15 is 0 Å². The summed E-state index contributed by atoms with van der Waals surface area (Å²) in [6.45, 7) is 8.79. The first-order chi connectivity index (χ1) is 8.67. The summed E-state index contributed by atoms with van der Waals surface area (Å²) in [7, 11) is 2.18. The van der Waals surface area contributed by atoms with E-state index in [2.05, 4.69) is 55.2 Å². The Morgan fingerprint density at radius 3 is 2.39 bits per heavy atom. The van der Waals surface area contributed by atoms with Crippen molar-refractivity contribution in [2.75, 3.05) is 13.6 Å². The number of aromatic nitrogens is 1. The molecule has 3 heteroatoms. The van der Waals surface area contributed by atoms with E-state index in [1.54, 1.807) is 0 Å². The zero-order valence-electron chi connectivity index (χ0n) is 12.2. The van der Waals surface area contributed by atoms with Crippen molar-refractivity contribution >= 4 is 0 Å². The van der Waals surface area contributed by atoms with Gasteiger partial charge in [0.25, 0.3) is 0 Å². The summed E-state index contributed by atoms with van der Waals surface area (Å²) < 4.78 is 0. The highest BCUT2D eigenvalue weighted by Crippen LogP contribution is 2.05. The minimum atomic E-state index is 0.541. The third-order valence-electron chi connectivity index (χ3n) is 3.62. The number of rotatable bonds is 8. The number of nitrogens with one attached hydrogen (secondary N) is 1. The highest BCUT2D eigenvalue weighted by molar-refractivity contribution is 5.09. The van der Waals surface area contributed by atoms with Gasteiger partial charge in [-0.15, -0.1) is 0 Å². The molecule has 1 heterocycles. The molecule has 0 saturated heterocycles. The van der Waals surface area contributed by atoms with E-state index in [-0.39, 0.29) is 0 Å². The second kappa shape index (κ2) is 8.22. The molecular weight excluding hydrogens is 222 g/mol. The normalized spacial score (nSPS) is 13.2. The first-order valence-corrected chi connectivity index (χ1v) is 6.99. The van der Waals surface area contributed by atoms with E-state index in [0.29, 0.717) is 12.1 Å². The van der Waals surface area contributed by atoms with Gasteiger partial charge in [0.2, 0.25) is 0 Å². The molecule has 3 nitrogen and oxygen atoms in total. The molecule has 0 spiro atoms. The molecule has 1 aromatic rings. The van der Waals surface area contributed by atoms with Crippen LogP contribution in [0.4, 0.5) is 0 Å². The Labute approximate surface area is 112 Å². The highest BCUT2D eigenvalue weighted by atomic mass is 15.1. The van der Waals surface area contributed by atoms with Gasteiger partial charge in [0, 0.05) is 37.6 Å². The Bertz CT molecular complexity index is 309. The summed E-state index contributed by atoms with van der Waals surface area (Å²) >= 11 is 0. The van der Waals surface area contributed by atoms with Gasteiger partial charge in [-0.2, -0.15) is 0 Å². The Morgan fingerprint density at radius 1 is 1.22 bits per heavy atom. The van der Waals surface area contributed by atoms with Gasteiger partial charge < -0.3 is 5.32 Å². The van der Waals surface area contributed by atoms with Crippen LogP contribution in [0.3, 0.4) is 0 Å². The largest absolute Gasteiger partial charge is 0.312 e. The number of hydrogen-bond acceptors (Lipinski definition) is 3. The molecule has 0 aliphatic heterocycles. The van der Waals surface area contributed by atoms with Crippen LogP contribution in [-0.4, -0.2) is 35.6 Å². The minimum Gasteiger partial charge on any atom is -0.312 e. The molecule has 0 bridgehead atoms. The minimum absolute atomic E-state index is 0.541. The SMILES string of the molecule is CCC(CC)NCC(C)N(C)Cc1ccncc1. The number of nitrogens with zero attached hydrogens (tertiary/aromatic N) is 2. The number of hydrogen-bond donors (Lipinski definition) is 1. The standard InChI is InChI=1S/C15H27N3/c1-5-15(6-2)17-11-13(3)18(4)12-14-7-9-16-10-8-14/h7-10,13,15,17H,5-6,11-12H2,1-4H3. The molecule has 1 atom stereocenters. The fourth-order valence-electron chi connectivity index (χ4n) is 2.00. The topological polar surface area (TPSA) is 28.2 Å². The fraction of sp³-hybridized carbons (Fsp3) is 0.667. The molecule has 0 saturated carbocycles. The van der Waals surface area contributed by atoms with Gasteiger partial charge in [0.15, 0.2) is 0 Å². The summed E-state index contributed by atoms with van der Waals surface area (Å²) in [5.74, 6) is 0. The number of pyridine rings is 1. The van der Waals surface area contributed by atoms with Gasteiger partial charge in [-0.25, -0.2) is 0 Å². The zero-order valence-corrected chi connectivity index (χ0v) is 12.2. The van der Waals surface area contributed by atoms with Gasteiger partial charge >= 0.3 is 0 Å². The fourth-order valence-corrected chi connectivity index (χ4v) is 2.00. The maximum Gasteiger partial charge on any atom is 0.0271 e. The molecule has 0 aliphatic carbocycles. The molecule has 0 aliphatic rings. The van der Waals surface area contributed by atoms with E-state index < -0.39 is 0 Å². The van der Waals surface area contributed by atoms with Gasteiger partial charge in [-0.05, 0) is 44.5 Å². The third kappa shape index (κ3) is 5.15. The summed E-state index contributed by atoms with van der Waals surface area (Å²) in [6, 6.07) is 5.36. The molecule has 102 valence electrons. The Hall–Kier alpha value is -0.930. The van der Waals surface area contributed by atoms with E-state index in [0.717, 1.165) is 13.1 Å². The van der Waals surface area contributed by atoms with Crippen LogP contribution in [0.5, 0.6) is 0 Å². The van der Waals surface area contributed by atoms with Crippen LogP contribution < -0.4 is 5.32 Å². The van der Waals surface area contributed by atoms with Crippen LogP contribution in [0, 0.1) is 0 Å². The first kappa shape index (κ1) is 15.1. The average Bonchev–Trinajstić information content (AvgIpc) is 2.40. The molecule has 18 heavy (non-hydrogen) atoms. The van der Waals surface area contributed by atoms with E-state index in [1.807, 2.05) is 12.4 Å². The average molecular weight is 249 g/mol. The molecule has 1 N–H and O–H groups in total. The van der Waals surface area contributed by atoms with Crippen LogP contribution in [0.15, 0.2) is 24.5 Å². The van der Waals surface area contributed by atoms with Crippen LogP contribution in [-0.2, 0) is 6.54 Å². The lowest BCUT2D eigenvalue weighted by Gasteiger charge is -2.27. The van der Waals surface area contributed by atoms with Gasteiger partial charge in [-0.3, -0.25) is 9.88 Å². The lowest BCUT2D eigenvalue weighted by Crippen LogP contribution is -2.41. The van der Waals surface area contributed by atoms with Crippen molar-refractivity contribution < 1.29 is 0 Å². The molecule has 0 fully saturated rings. The molecule has 1 rings (SSSR count). The summed E-state index contributed by atoms with van der Waals surface area (Å²) in [5, 5.41) is 3.63. The quantitative estimate of drug-likeness (QED) is 0.768. The van der Waals surface area contributed by atoms with Crippen LogP contribution >= 0.6 is 0 Å². The smallest absolute Gasteiger partial charge is 0.0271 e. The molecule has 0 amide bonds. The zero-order chi connectivity index (χ0) is 13.4. The van der Waals surface area contributed by atoms with Crippen molar-refractivity contribution in [3.05, 3.63) is 30.1 Å². The van der Waals surface area contributed by atoms with Crippen molar-refractivity contribution in [3.8, 4) is 0 Å². The summed E-state index contributed by atoms with van der Waals surface area (Å²) in [5.41, 5.74) is 1.32. The van der Waals surface area contributed by atoms with Crippen molar-refractivity contribution in [1.29, 1.82) is 0 Å². The predicted octanol–water partition coefficient (Wildman–Crippen LogP) is 2.68. The second-order valence-electron chi connectivity index (χ2n) is 5.04. The molecule has 0 aromatic carbocycles. The molecular formula is C15H27N3. The Kier molecular flexibility index (Phi) is 6.91. The molecule has 0 radical (unpaired) electrons. The summed E-state index contributed by atoms with van der Waals surface area (Å²) in [4.78, 5) is 6.43. The maximum absolute atomic E-state index is 4.05. The van der Waals surface area contributed by atoms with Crippen molar-refractivity contribution in [2.24, 2.45) is 0 Å². The third-order valence-corrected chi connectivity index (χ3v) is 3.62. The van der Waals surface area contributed by atoms with Gasteiger partial charge in [0.1, 0.15) is 0 Å². The van der Waals surface area contributed by atoms with Crippen molar-refractivity contribution in [2.45, 2.75) is 52.2 Å². The summed E-state index contributed by atoms with van der Waals surface area (Å²) in [6.07, 6.45) is 6.13. The second-order valence-corrected chi connectivity index (χ2v) is 5.04. The lowest BCUT2D eigenvalue weighted by molar-refractivity contribution is 0.235. The van der Waals surface area contributed by atoms with Gasteiger partial charge in [0.05, 0.1) is 0 Å². The van der Waals surface area contributed by atoms with Crippen molar-refractivity contribution in [1.82, 2.24) is 15.2 Å². The highest BCUT2D eigenvalue weighted by Gasteiger charge is 2.11. The maximum atomic E-state index is 4.05. The van der Waals surface area contributed by atoms with Gasteiger partial charge in [-0.1, -0.05) is 13.8 Å². The van der Waals surface area contributed by atoms with Crippen molar-refractivity contribution in [3.63, 3.8) is 0 Å². The van der Waals surface area contributed by atoms with Crippen LogP contribution in [0.1, 0.15) is 39.2 Å². The lowest BCUT2D eigenvalue weighted by atomic mass is 10.1. The number of likely N-dealkylation sites (N-methyl/N-ethyl adjacent to an activating group) is 1. The Balaban J connectivity index is 2.35. The van der Waals surface area contributed by atoms with Crippen LogP contribution in [0.2, 0.25) is 0 Å². The Morgan fingerprint density at radius 2 is 1.83 bits per heavy atom. The predicted molar refractivity (Wildman–Crippen MR) is 77.5 cm³/mol. The van der Waals surface area contributed by atoms with E-state index in [1.165, 1.54) is 18.4 Å². The van der Waals surface area contributed by atoms with Crippen LogP contribution in [0.25, 0.3) is 0 Å². The molecule has 1 aromatic heterocycles. The van der Waals surface area contributed by atoms with E-state index in [4.69, 9.17) is 0 Å². The molecule has 1 unspecified atom stereocenters. The first-order valence-electron chi connectivity index (χ1n) is 6.99. The monoisotopic (exact) mass is 249 g/mol.